The standard InChI is InChI=1S/C22H23ClF4N2O3S/c1-13(14-2-6-16(24)7-3-14)28-21(30)15-4-8-17(9-5-15)29-33(31,32)18-10-11-19(20(23)12-18)22(25,26)27/h2-3,6-7,10-13,15,17,29H,4-5,8-9H2,1H3,(H,28,30)/t13-,15?,17?/m1/s1. The van der Waals surface area contributed by atoms with Gasteiger partial charge in [0, 0.05) is 12.0 Å². The molecule has 3 rings (SSSR count). The van der Waals surface area contributed by atoms with Gasteiger partial charge in [0.05, 0.1) is 21.5 Å². The highest BCUT2D eigenvalue weighted by Crippen LogP contribution is 2.36. The van der Waals surface area contributed by atoms with Crippen molar-refractivity contribution in [2.75, 3.05) is 0 Å². The summed E-state index contributed by atoms with van der Waals surface area (Å²) in [4.78, 5) is 12.2. The molecule has 33 heavy (non-hydrogen) atoms. The molecule has 5 nitrogen and oxygen atoms in total. The first kappa shape index (κ1) is 25.5. The van der Waals surface area contributed by atoms with Crippen LogP contribution in [0, 0.1) is 11.7 Å². The third kappa shape index (κ3) is 6.45. The molecule has 11 heteroatoms. The van der Waals surface area contributed by atoms with E-state index in [-0.39, 0.29) is 28.6 Å². The Labute approximate surface area is 194 Å². The Morgan fingerprint density at radius 2 is 1.67 bits per heavy atom. The SMILES string of the molecule is C[C@@H](NC(=O)C1CCC(NS(=O)(=O)c2ccc(C(F)(F)F)c(Cl)c2)CC1)c1ccc(F)cc1. The van der Waals surface area contributed by atoms with Gasteiger partial charge in [-0.15, -0.1) is 0 Å². The molecular formula is C22H23ClF4N2O3S. The highest BCUT2D eigenvalue weighted by atomic mass is 35.5. The summed E-state index contributed by atoms with van der Waals surface area (Å²) in [5.41, 5.74) is -0.342. The summed E-state index contributed by atoms with van der Waals surface area (Å²) >= 11 is 5.64. The number of nitrogens with one attached hydrogen (secondary N) is 2. The smallest absolute Gasteiger partial charge is 0.349 e. The number of sulfonamides is 1. The fraction of sp³-hybridized carbons (Fsp3) is 0.409. The molecule has 0 saturated heterocycles. The second-order valence-corrected chi connectivity index (χ2v) is 10.2. The molecule has 0 unspecified atom stereocenters. The van der Waals surface area contributed by atoms with E-state index in [9.17, 15) is 30.8 Å². The van der Waals surface area contributed by atoms with Crippen LogP contribution in [-0.4, -0.2) is 20.4 Å². The summed E-state index contributed by atoms with van der Waals surface area (Å²) in [6, 6.07) is 7.36. The summed E-state index contributed by atoms with van der Waals surface area (Å²) in [6.45, 7) is 1.79. The van der Waals surface area contributed by atoms with Crippen molar-refractivity contribution in [2.24, 2.45) is 5.92 Å². The maximum atomic E-state index is 13.1. The molecule has 0 aliphatic heterocycles. The van der Waals surface area contributed by atoms with Crippen molar-refractivity contribution in [2.45, 2.75) is 55.8 Å². The van der Waals surface area contributed by atoms with E-state index in [0.717, 1.165) is 17.7 Å². The summed E-state index contributed by atoms with van der Waals surface area (Å²) in [5.74, 6) is -0.826. The normalized spacial score (nSPS) is 20.3. The highest BCUT2D eigenvalue weighted by Gasteiger charge is 2.34. The summed E-state index contributed by atoms with van der Waals surface area (Å²) in [7, 11) is -4.07. The van der Waals surface area contributed by atoms with E-state index in [0.29, 0.717) is 31.7 Å². The Morgan fingerprint density at radius 3 is 2.21 bits per heavy atom. The molecule has 1 aliphatic carbocycles. The number of benzene rings is 2. The number of amides is 1. The number of rotatable bonds is 6. The summed E-state index contributed by atoms with van der Waals surface area (Å²) in [5, 5.41) is 2.20. The zero-order valence-electron chi connectivity index (χ0n) is 17.6. The summed E-state index contributed by atoms with van der Waals surface area (Å²) in [6.07, 6.45) is -2.99. The minimum absolute atomic E-state index is 0.164. The van der Waals surface area contributed by atoms with Gasteiger partial charge in [0.25, 0.3) is 0 Å². The Bertz CT molecular complexity index is 1100. The van der Waals surface area contributed by atoms with Gasteiger partial charge < -0.3 is 5.32 Å². The molecule has 0 aromatic heterocycles. The van der Waals surface area contributed by atoms with Crippen LogP contribution in [0.2, 0.25) is 5.02 Å². The van der Waals surface area contributed by atoms with E-state index in [4.69, 9.17) is 11.6 Å². The Kier molecular flexibility index (Phi) is 7.70. The second kappa shape index (κ2) is 9.99. The zero-order valence-corrected chi connectivity index (χ0v) is 19.2. The first-order valence-electron chi connectivity index (χ1n) is 10.3. The van der Waals surface area contributed by atoms with E-state index < -0.39 is 32.8 Å². The number of carbonyl (C=O) groups is 1. The molecule has 2 aromatic carbocycles. The number of hydrogen-bond acceptors (Lipinski definition) is 3. The third-order valence-corrected chi connectivity index (χ3v) is 7.54. The summed E-state index contributed by atoms with van der Waals surface area (Å²) < 4.78 is 79.3. The molecule has 1 amide bonds. The molecule has 1 fully saturated rings. The molecule has 0 bridgehead atoms. The van der Waals surface area contributed by atoms with E-state index in [2.05, 4.69) is 10.0 Å². The van der Waals surface area contributed by atoms with Crippen LogP contribution in [0.1, 0.15) is 49.8 Å². The second-order valence-electron chi connectivity index (χ2n) is 8.09. The molecule has 0 spiro atoms. The monoisotopic (exact) mass is 506 g/mol. The van der Waals surface area contributed by atoms with Crippen LogP contribution in [-0.2, 0) is 21.0 Å². The van der Waals surface area contributed by atoms with Gasteiger partial charge in [-0.3, -0.25) is 4.79 Å². The van der Waals surface area contributed by atoms with Gasteiger partial charge in [-0.05, 0) is 68.5 Å². The maximum absolute atomic E-state index is 13.1. The molecule has 2 N–H and O–H groups in total. The minimum Gasteiger partial charge on any atom is -0.349 e. The highest BCUT2D eigenvalue weighted by molar-refractivity contribution is 7.89. The largest absolute Gasteiger partial charge is 0.417 e. The van der Waals surface area contributed by atoms with E-state index in [1.807, 2.05) is 0 Å². The molecule has 2 aromatic rings. The molecule has 180 valence electrons. The van der Waals surface area contributed by atoms with Crippen LogP contribution in [0.15, 0.2) is 47.4 Å². The van der Waals surface area contributed by atoms with Crippen molar-refractivity contribution in [1.29, 1.82) is 0 Å². The Balaban J connectivity index is 1.55. The molecular weight excluding hydrogens is 484 g/mol. The molecule has 1 saturated carbocycles. The predicted molar refractivity (Wildman–Crippen MR) is 115 cm³/mol. The lowest BCUT2D eigenvalue weighted by Crippen LogP contribution is -2.41. The lowest BCUT2D eigenvalue weighted by atomic mass is 9.85. The van der Waals surface area contributed by atoms with Gasteiger partial charge in [0.15, 0.2) is 0 Å². The predicted octanol–water partition coefficient (Wildman–Crippen LogP) is 5.21. The topological polar surface area (TPSA) is 75.3 Å². The quantitative estimate of drug-likeness (QED) is 0.528. The third-order valence-electron chi connectivity index (χ3n) is 5.70. The molecule has 1 atom stereocenters. The number of carbonyl (C=O) groups excluding carboxylic acids is 1. The average Bonchev–Trinajstić information content (AvgIpc) is 2.73. The maximum Gasteiger partial charge on any atom is 0.417 e. The Morgan fingerprint density at radius 1 is 1.06 bits per heavy atom. The van der Waals surface area contributed by atoms with Crippen molar-refractivity contribution >= 4 is 27.5 Å². The first-order valence-corrected chi connectivity index (χ1v) is 12.2. The van der Waals surface area contributed by atoms with Crippen molar-refractivity contribution in [3.05, 3.63) is 64.4 Å². The van der Waals surface area contributed by atoms with Crippen molar-refractivity contribution in [3.8, 4) is 0 Å². The fourth-order valence-corrected chi connectivity index (χ4v) is 5.50. The lowest BCUT2D eigenvalue weighted by Gasteiger charge is -2.29. The number of halogens is 5. The lowest BCUT2D eigenvalue weighted by molar-refractivity contribution is -0.137. The molecule has 1 aliphatic rings. The Hall–Kier alpha value is -2.17. The van der Waals surface area contributed by atoms with Gasteiger partial charge in [0.2, 0.25) is 15.9 Å². The van der Waals surface area contributed by atoms with Crippen molar-refractivity contribution in [1.82, 2.24) is 10.0 Å². The molecule has 0 radical (unpaired) electrons. The van der Waals surface area contributed by atoms with Crippen LogP contribution in [0.4, 0.5) is 17.6 Å². The van der Waals surface area contributed by atoms with Gasteiger partial charge >= 0.3 is 6.18 Å². The van der Waals surface area contributed by atoms with E-state index in [1.54, 1.807) is 19.1 Å². The van der Waals surface area contributed by atoms with Gasteiger partial charge in [-0.1, -0.05) is 23.7 Å². The van der Waals surface area contributed by atoms with Gasteiger partial charge in [-0.2, -0.15) is 13.2 Å². The average molecular weight is 507 g/mol. The van der Waals surface area contributed by atoms with Gasteiger partial charge in [-0.25, -0.2) is 17.5 Å². The molecule has 0 heterocycles. The van der Waals surface area contributed by atoms with Crippen LogP contribution >= 0.6 is 11.6 Å². The van der Waals surface area contributed by atoms with Crippen LogP contribution in [0.5, 0.6) is 0 Å². The zero-order chi connectivity index (χ0) is 24.4. The minimum atomic E-state index is -4.68. The first-order chi connectivity index (χ1) is 15.4. The van der Waals surface area contributed by atoms with Gasteiger partial charge in [0.1, 0.15) is 5.82 Å². The van der Waals surface area contributed by atoms with Crippen molar-refractivity contribution < 1.29 is 30.8 Å². The van der Waals surface area contributed by atoms with Crippen LogP contribution in [0.25, 0.3) is 0 Å². The fourth-order valence-electron chi connectivity index (χ4n) is 3.82. The number of hydrogen-bond donors (Lipinski definition) is 2. The van der Waals surface area contributed by atoms with Crippen molar-refractivity contribution in [3.63, 3.8) is 0 Å². The van der Waals surface area contributed by atoms with Crippen LogP contribution in [0.3, 0.4) is 0 Å². The van der Waals surface area contributed by atoms with Crippen LogP contribution < -0.4 is 10.0 Å². The number of alkyl halides is 3. The van der Waals surface area contributed by atoms with E-state index >= 15 is 0 Å². The van der Waals surface area contributed by atoms with E-state index in [1.165, 1.54) is 12.1 Å².